The highest BCUT2D eigenvalue weighted by Gasteiger charge is 2.19. The monoisotopic (exact) mass is 321 g/mol. The van der Waals surface area contributed by atoms with E-state index in [1.807, 2.05) is 11.3 Å². The Hall–Kier alpha value is -1.10. The molecule has 0 bridgehead atoms. The van der Waals surface area contributed by atoms with E-state index in [-0.39, 0.29) is 0 Å². The Kier molecular flexibility index (Phi) is 4.78. The zero-order valence-corrected chi connectivity index (χ0v) is 13.8. The van der Waals surface area contributed by atoms with Crippen molar-refractivity contribution >= 4 is 28.8 Å². The van der Waals surface area contributed by atoms with Crippen LogP contribution >= 0.6 is 22.9 Å². The molecular formula is C16H20ClN3S. The molecule has 1 N–H and O–H groups in total. The molecule has 0 amide bonds. The number of nitrogens with zero attached hydrogens (tertiary/aromatic N) is 2. The Bertz CT molecular complexity index is 611. The fourth-order valence-corrected chi connectivity index (χ4v) is 3.68. The molecule has 0 aromatic carbocycles. The first-order chi connectivity index (χ1) is 10.3. The smallest absolute Gasteiger partial charge is 0.129 e. The van der Waals surface area contributed by atoms with Gasteiger partial charge in [-0.25, -0.2) is 4.98 Å². The van der Waals surface area contributed by atoms with E-state index in [9.17, 15) is 0 Å². The minimum Gasteiger partial charge on any atom is -0.352 e. The quantitative estimate of drug-likeness (QED) is 0.848. The third-order valence-electron chi connectivity index (χ3n) is 3.79. The molecule has 2 aromatic rings. The summed E-state index contributed by atoms with van der Waals surface area (Å²) in [7, 11) is 0. The minimum atomic E-state index is 0.746. The van der Waals surface area contributed by atoms with E-state index in [4.69, 9.17) is 11.6 Å². The third kappa shape index (κ3) is 3.39. The van der Waals surface area contributed by atoms with Gasteiger partial charge in [-0.2, -0.15) is 0 Å². The summed E-state index contributed by atoms with van der Waals surface area (Å²) < 4.78 is 0. The van der Waals surface area contributed by atoms with E-state index in [1.54, 1.807) is 6.20 Å². The topological polar surface area (TPSA) is 28.2 Å². The summed E-state index contributed by atoms with van der Waals surface area (Å²) in [6, 6.07) is 4.36. The van der Waals surface area contributed by atoms with Crippen LogP contribution in [0, 0.1) is 0 Å². The van der Waals surface area contributed by atoms with Crippen LogP contribution < -0.4 is 10.2 Å². The maximum absolute atomic E-state index is 6.26. The summed E-state index contributed by atoms with van der Waals surface area (Å²) >= 11 is 8.12. The molecule has 0 atom stereocenters. The number of nitrogens with one attached hydrogen (secondary N) is 1. The molecule has 0 radical (unpaired) electrons. The van der Waals surface area contributed by atoms with Gasteiger partial charge in [-0.15, -0.1) is 11.3 Å². The average molecular weight is 322 g/mol. The van der Waals surface area contributed by atoms with Crippen molar-refractivity contribution in [2.24, 2.45) is 0 Å². The second kappa shape index (κ2) is 6.77. The molecule has 3 heterocycles. The lowest BCUT2D eigenvalue weighted by atomic mass is 10.1. The largest absolute Gasteiger partial charge is 0.352 e. The van der Waals surface area contributed by atoms with E-state index in [2.05, 4.69) is 39.6 Å². The van der Waals surface area contributed by atoms with Crippen LogP contribution in [0.3, 0.4) is 0 Å². The molecule has 5 heteroatoms. The van der Waals surface area contributed by atoms with Crippen molar-refractivity contribution in [3.05, 3.63) is 44.7 Å². The number of fused-ring (bicyclic) bond motifs is 1. The molecule has 21 heavy (non-hydrogen) atoms. The standard InChI is InChI=1S/C16H20ClN3S/c1-2-5-18-9-13-8-16(19-10-14(13)17)20-6-3-15-12(11-20)4-7-21-15/h4,7-8,10,18H,2-3,5-6,9,11H2,1H3. The summed E-state index contributed by atoms with van der Waals surface area (Å²) in [6.07, 6.45) is 4.02. The van der Waals surface area contributed by atoms with Crippen LogP contribution in [0.15, 0.2) is 23.7 Å². The van der Waals surface area contributed by atoms with Crippen LogP contribution in [-0.2, 0) is 19.5 Å². The highest BCUT2D eigenvalue weighted by molar-refractivity contribution is 7.10. The molecule has 112 valence electrons. The Morgan fingerprint density at radius 2 is 2.38 bits per heavy atom. The SMILES string of the molecule is CCCNCc1cc(N2CCc3sccc3C2)ncc1Cl. The fraction of sp³-hybridized carbons (Fsp3) is 0.438. The lowest BCUT2D eigenvalue weighted by molar-refractivity contribution is 0.673. The molecule has 0 aliphatic carbocycles. The Balaban J connectivity index is 1.75. The summed E-state index contributed by atoms with van der Waals surface area (Å²) in [4.78, 5) is 8.38. The Labute approximate surface area is 135 Å². The van der Waals surface area contributed by atoms with Crippen molar-refractivity contribution in [1.29, 1.82) is 0 Å². The van der Waals surface area contributed by atoms with Crippen molar-refractivity contribution in [3.63, 3.8) is 0 Å². The van der Waals surface area contributed by atoms with Crippen molar-refractivity contribution in [2.45, 2.75) is 32.9 Å². The number of hydrogen-bond acceptors (Lipinski definition) is 4. The molecule has 1 aliphatic rings. The molecule has 0 unspecified atom stereocenters. The van der Waals surface area contributed by atoms with Gasteiger partial charge in [0.1, 0.15) is 5.82 Å². The van der Waals surface area contributed by atoms with E-state index in [0.717, 1.165) is 55.4 Å². The summed E-state index contributed by atoms with van der Waals surface area (Å²) in [5.41, 5.74) is 2.57. The van der Waals surface area contributed by atoms with Crippen molar-refractivity contribution in [3.8, 4) is 0 Å². The number of halogens is 1. The van der Waals surface area contributed by atoms with E-state index < -0.39 is 0 Å². The summed E-state index contributed by atoms with van der Waals surface area (Å²) in [5.74, 6) is 1.03. The minimum absolute atomic E-state index is 0.746. The number of aromatic nitrogens is 1. The molecule has 0 saturated heterocycles. The molecule has 3 rings (SSSR count). The zero-order valence-electron chi connectivity index (χ0n) is 12.2. The first kappa shape index (κ1) is 14.8. The van der Waals surface area contributed by atoms with Gasteiger partial charge in [0.15, 0.2) is 0 Å². The highest BCUT2D eigenvalue weighted by atomic mass is 35.5. The highest BCUT2D eigenvalue weighted by Crippen LogP contribution is 2.28. The van der Waals surface area contributed by atoms with Gasteiger partial charge >= 0.3 is 0 Å². The zero-order chi connectivity index (χ0) is 14.7. The van der Waals surface area contributed by atoms with Crippen LogP contribution in [0.2, 0.25) is 5.02 Å². The second-order valence-corrected chi connectivity index (χ2v) is 6.76. The van der Waals surface area contributed by atoms with Gasteiger partial charge in [-0.05, 0) is 48.0 Å². The van der Waals surface area contributed by atoms with E-state index >= 15 is 0 Å². The normalized spacial score (nSPS) is 14.3. The molecule has 0 fully saturated rings. The van der Waals surface area contributed by atoms with Gasteiger partial charge in [0.25, 0.3) is 0 Å². The van der Waals surface area contributed by atoms with E-state index in [0.29, 0.717) is 0 Å². The number of hydrogen-bond donors (Lipinski definition) is 1. The Morgan fingerprint density at radius 1 is 1.48 bits per heavy atom. The van der Waals surface area contributed by atoms with Gasteiger partial charge < -0.3 is 10.2 Å². The van der Waals surface area contributed by atoms with Gasteiger partial charge in [0, 0.05) is 30.7 Å². The van der Waals surface area contributed by atoms with Gasteiger partial charge in [-0.3, -0.25) is 0 Å². The average Bonchev–Trinajstić information content (AvgIpc) is 2.97. The first-order valence-corrected chi connectivity index (χ1v) is 8.69. The van der Waals surface area contributed by atoms with Crippen LogP contribution in [0.5, 0.6) is 0 Å². The molecule has 0 saturated carbocycles. The summed E-state index contributed by atoms with van der Waals surface area (Å²) in [6.45, 7) is 5.97. The van der Waals surface area contributed by atoms with E-state index in [1.165, 1.54) is 10.4 Å². The predicted octanol–water partition coefficient (Wildman–Crippen LogP) is 3.86. The van der Waals surface area contributed by atoms with Crippen LogP contribution in [0.4, 0.5) is 5.82 Å². The van der Waals surface area contributed by atoms with Gasteiger partial charge in [0.2, 0.25) is 0 Å². The molecular weight excluding hydrogens is 302 g/mol. The number of pyridine rings is 1. The second-order valence-electron chi connectivity index (χ2n) is 5.35. The third-order valence-corrected chi connectivity index (χ3v) is 5.16. The lowest BCUT2D eigenvalue weighted by Crippen LogP contribution is -2.30. The molecule has 2 aromatic heterocycles. The van der Waals surface area contributed by atoms with Crippen molar-refractivity contribution in [1.82, 2.24) is 10.3 Å². The number of anilines is 1. The Morgan fingerprint density at radius 3 is 3.24 bits per heavy atom. The predicted molar refractivity (Wildman–Crippen MR) is 90.3 cm³/mol. The first-order valence-electron chi connectivity index (χ1n) is 7.43. The molecule has 0 spiro atoms. The van der Waals surface area contributed by atoms with Crippen LogP contribution in [0.1, 0.15) is 29.3 Å². The van der Waals surface area contributed by atoms with Gasteiger partial charge in [0.05, 0.1) is 5.02 Å². The maximum atomic E-state index is 6.26. The number of thiophene rings is 1. The summed E-state index contributed by atoms with van der Waals surface area (Å²) in [5, 5.41) is 6.33. The molecule has 1 aliphatic heterocycles. The van der Waals surface area contributed by atoms with Crippen LogP contribution in [0.25, 0.3) is 0 Å². The van der Waals surface area contributed by atoms with Crippen molar-refractivity contribution in [2.75, 3.05) is 18.0 Å². The van der Waals surface area contributed by atoms with Crippen LogP contribution in [-0.4, -0.2) is 18.1 Å². The lowest BCUT2D eigenvalue weighted by Gasteiger charge is -2.28. The number of rotatable bonds is 5. The maximum Gasteiger partial charge on any atom is 0.129 e. The van der Waals surface area contributed by atoms with Crippen molar-refractivity contribution < 1.29 is 0 Å². The fourth-order valence-electron chi connectivity index (χ4n) is 2.62. The molecule has 3 nitrogen and oxygen atoms in total. The van der Waals surface area contributed by atoms with Gasteiger partial charge in [-0.1, -0.05) is 18.5 Å².